The van der Waals surface area contributed by atoms with Crippen molar-refractivity contribution in [1.82, 2.24) is 0 Å². The molecule has 1 aromatic rings. The average molecular weight is 206 g/mol. The zero-order chi connectivity index (χ0) is 11.0. The second kappa shape index (κ2) is 3.66. The zero-order valence-electron chi connectivity index (χ0n) is 8.81. The second-order valence-corrected chi connectivity index (χ2v) is 4.15. The summed E-state index contributed by atoms with van der Waals surface area (Å²) in [5, 5.41) is 9.91. The number of hydrogen-bond donors (Lipinski definition) is 1. The highest BCUT2D eigenvalue weighted by Gasteiger charge is 2.36. The number of carbonyl (C=O) groups excluding carboxylic acids is 1. The fourth-order valence-corrected chi connectivity index (χ4v) is 1.78. The monoisotopic (exact) mass is 206 g/mol. The molecule has 0 saturated carbocycles. The lowest BCUT2D eigenvalue weighted by atomic mass is 9.95. The first kappa shape index (κ1) is 10.2. The van der Waals surface area contributed by atoms with Crippen LogP contribution in [0.15, 0.2) is 24.3 Å². The van der Waals surface area contributed by atoms with Gasteiger partial charge in [0, 0.05) is 5.56 Å². The van der Waals surface area contributed by atoms with E-state index in [0.29, 0.717) is 5.56 Å². The molecule has 0 fully saturated rings. The summed E-state index contributed by atoms with van der Waals surface area (Å²) < 4.78 is 5.17. The molecule has 0 aliphatic carbocycles. The highest BCUT2D eigenvalue weighted by atomic mass is 16.6. The molecule has 3 heteroatoms. The van der Waals surface area contributed by atoms with Gasteiger partial charge >= 0.3 is 5.97 Å². The van der Waals surface area contributed by atoms with Gasteiger partial charge in [-0.1, -0.05) is 32.0 Å². The molecule has 1 heterocycles. The first-order valence-corrected chi connectivity index (χ1v) is 5.09. The van der Waals surface area contributed by atoms with Crippen LogP contribution in [0.5, 0.6) is 0 Å². The Labute approximate surface area is 88.7 Å². The lowest BCUT2D eigenvalue weighted by Gasteiger charge is -2.21. The minimum atomic E-state index is -0.641. The van der Waals surface area contributed by atoms with Gasteiger partial charge in [0.25, 0.3) is 0 Å². The maximum Gasteiger partial charge on any atom is 0.339 e. The Kier molecular flexibility index (Phi) is 2.49. The molecule has 2 rings (SSSR count). The minimum Gasteiger partial charge on any atom is -0.451 e. The largest absolute Gasteiger partial charge is 0.451 e. The molecule has 1 aromatic carbocycles. The molecular weight excluding hydrogens is 192 g/mol. The first-order valence-electron chi connectivity index (χ1n) is 5.09. The minimum absolute atomic E-state index is 0.0638. The van der Waals surface area contributed by atoms with E-state index in [1.165, 1.54) is 0 Å². The van der Waals surface area contributed by atoms with Gasteiger partial charge in [-0.25, -0.2) is 4.79 Å². The van der Waals surface area contributed by atoms with E-state index in [4.69, 9.17) is 4.74 Å². The summed E-state index contributed by atoms with van der Waals surface area (Å²) in [4.78, 5) is 11.5. The van der Waals surface area contributed by atoms with Crippen LogP contribution in [0.3, 0.4) is 0 Å². The van der Waals surface area contributed by atoms with Gasteiger partial charge in [-0.15, -0.1) is 0 Å². The van der Waals surface area contributed by atoms with Gasteiger partial charge in [-0.3, -0.25) is 0 Å². The van der Waals surface area contributed by atoms with E-state index in [0.717, 1.165) is 5.56 Å². The maximum atomic E-state index is 11.5. The predicted octanol–water partition coefficient (Wildman–Crippen LogP) is 1.91. The molecule has 1 N–H and O–H groups in total. The van der Waals surface area contributed by atoms with Crippen LogP contribution in [0, 0.1) is 5.92 Å². The fourth-order valence-electron chi connectivity index (χ4n) is 1.78. The number of cyclic esters (lactones) is 1. The number of esters is 1. The van der Waals surface area contributed by atoms with Crippen LogP contribution in [0.2, 0.25) is 0 Å². The van der Waals surface area contributed by atoms with Crippen molar-refractivity contribution in [2.24, 2.45) is 5.92 Å². The van der Waals surface area contributed by atoms with Crippen LogP contribution < -0.4 is 0 Å². The highest BCUT2D eigenvalue weighted by molar-refractivity contribution is 5.94. The van der Waals surface area contributed by atoms with Gasteiger partial charge in [-0.2, -0.15) is 0 Å². The molecule has 1 aliphatic heterocycles. The Morgan fingerprint density at radius 1 is 1.33 bits per heavy atom. The van der Waals surface area contributed by atoms with Crippen molar-refractivity contribution in [2.75, 3.05) is 0 Å². The summed E-state index contributed by atoms with van der Waals surface area (Å²) in [6.45, 7) is 3.80. The van der Waals surface area contributed by atoms with Crippen LogP contribution >= 0.6 is 0 Å². The number of aliphatic hydroxyl groups is 1. The number of rotatable bonds is 2. The zero-order valence-corrected chi connectivity index (χ0v) is 8.81. The summed E-state index contributed by atoms with van der Waals surface area (Å²) in [6.07, 6.45) is -1.15. The van der Waals surface area contributed by atoms with E-state index in [9.17, 15) is 9.90 Å². The number of ether oxygens (including phenoxy) is 1. The van der Waals surface area contributed by atoms with E-state index in [2.05, 4.69) is 0 Å². The molecule has 0 bridgehead atoms. The number of fused-ring (bicyclic) bond motifs is 1. The van der Waals surface area contributed by atoms with Crippen molar-refractivity contribution in [3.05, 3.63) is 35.4 Å². The first-order chi connectivity index (χ1) is 7.11. The van der Waals surface area contributed by atoms with Crippen LogP contribution in [0.1, 0.15) is 35.9 Å². The average Bonchev–Trinajstić information content (AvgIpc) is 2.56. The number of hydrogen-bond acceptors (Lipinski definition) is 3. The third-order valence-electron chi connectivity index (χ3n) is 2.71. The van der Waals surface area contributed by atoms with E-state index >= 15 is 0 Å². The molecule has 0 spiro atoms. The third-order valence-corrected chi connectivity index (χ3v) is 2.71. The molecule has 0 amide bonds. The van der Waals surface area contributed by atoms with Gasteiger partial charge < -0.3 is 9.84 Å². The van der Waals surface area contributed by atoms with Crippen molar-refractivity contribution in [1.29, 1.82) is 0 Å². The van der Waals surface area contributed by atoms with E-state index in [-0.39, 0.29) is 11.9 Å². The summed E-state index contributed by atoms with van der Waals surface area (Å²) >= 11 is 0. The van der Waals surface area contributed by atoms with Gasteiger partial charge in [0.2, 0.25) is 0 Å². The van der Waals surface area contributed by atoms with Crippen LogP contribution in [0.4, 0.5) is 0 Å². The summed E-state index contributed by atoms with van der Waals surface area (Å²) in [6, 6.07) is 7.20. The summed E-state index contributed by atoms with van der Waals surface area (Å²) in [7, 11) is 0. The molecule has 80 valence electrons. The van der Waals surface area contributed by atoms with Crippen molar-refractivity contribution in [3.63, 3.8) is 0 Å². The second-order valence-electron chi connectivity index (χ2n) is 4.15. The highest BCUT2D eigenvalue weighted by Crippen LogP contribution is 2.34. The molecule has 0 unspecified atom stereocenters. The van der Waals surface area contributed by atoms with Gasteiger partial charge in [0.15, 0.2) is 6.10 Å². The molecule has 0 aromatic heterocycles. The Morgan fingerprint density at radius 2 is 2.00 bits per heavy atom. The normalized spacial score (nSPS) is 21.3. The van der Waals surface area contributed by atoms with Gasteiger partial charge in [0.05, 0.1) is 11.7 Å². The molecule has 15 heavy (non-hydrogen) atoms. The van der Waals surface area contributed by atoms with E-state index in [1.54, 1.807) is 12.1 Å². The number of carbonyl (C=O) groups is 1. The van der Waals surface area contributed by atoms with Crippen LogP contribution in [-0.4, -0.2) is 17.2 Å². The lowest BCUT2D eigenvalue weighted by Crippen LogP contribution is -2.24. The SMILES string of the molecule is CC(C)[C@@H](O)[C@@H]1OC(=O)c2ccccc21. The van der Waals surface area contributed by atoms with Crippen molar-refractivity contribution in [2.45, 2.75) is 26.1 Å². The smallest absolute Gasteiger partial charge is 0.339 e. The van der Waals surface area contributed by atoms with Crippen LogP contribution in [0.25, 0.3) is 0 Å². The van der Waals surface area contributed by atoms with Crippen molar-refractivity contribution in [3.8, 4) is 0 Å². The Morgan fingerprint density at radius 3 is 2.67 bits per heavy atom. The van der Waals surface area contributed by atoms with Gasteiger partial charge in [0.1, 0.15) is 0 Å². The Balaban J connectivity index is 2.36. The molecule has 0 radical (unpaired) electrons. The van der Waals surface area contributed by atoms with E-state index < -0.39 is 12.2 Å². The third kappa shape index (κ3) is 1.63. The van der Waals surface area contributed by atoms with Crippen molar-refractivity contribution < 1.29 is 14.6 Å². The molecular formula is C12H14O3. The van der Waals surface area contributed by atoms with Crippen molar-refractivity contribution >= 4 is 5.97 Å². The topological polar surface area (TPSA) is 46.5 Å². The fraction of sp³-hybridized carbons (Fsp3) is 0.417. The quantitative estimate of drug-likeness (QED) is 0.752. The molecule has 2 atom stereocenters. The Hall–Kier alpha value is -1.35. The van der Waals surface area contributed by atoms with Crippen LogP contribution in [-0.2, 0) is 4.74 Å². The lowest BCUT2D eigenvalue weighted by molar-refractivity contribution is -0.0263. The number of benzene rings is 1. The number of aliphatic hydroxyl groups excluding tert-OH is 1. The summed E-state index contributed by atoms with van der Waals surface area (Å²) in [5.74, 6) is -0.274. The summed E-state index contributed by atoms with van der Waals surface area (Å²) in [5.41, 5.74) is 1.37. The maximum absolute atomic E-state index is 11.5. The Bertz CT molecular complexity index is 384. The standard InChI is InChI=1S/C12H14O3/c1-7(2)10(13)11-8-5-3-4-6-9(8)12(14)15-11/h3-7,10-11,13H,1-2H3/t10-,11-/m1/s1. The molecule has 1 aliphatic rings. The molecule has 0 saturated heterocycles. The van der Waals surface area contributed by atoms with Gasteiger partial charge in [-0.05, 0) is 12.0 Å². The molecule has 3 nitrogen and oxygen atoms in total. The predicted molar refractivity (Wildman–Crippen MR) is 55.4 cm³/mol. The van der Waals surface area contributed by atoms with E-state index in [1.807, 2.05) is 26.0 Å².